The van der Waals surface area contributed by atoms with Gasteiger partial charge in [0.2, 0.25) is 0 Å². The standard InChI is InChI=1S/C20H30F4/c1-9-12-15(21)17(23)14(18(24)16(12)22)13(10-19(3,4)5)11(2)20(6,7)8/h11,13H,9-10H2,1-8H3. The van der Waals surface area contributed by atoms with Gasteiger partial charge in [-0.2, -0.15) is 0 Å². The van der Waals surface area contributed by atoms with E-state index < -0.39 is 40.3 Å². The van der Waals surface area contributed by atoms with Crippen LogP contribution in [0.25, 0.3) is 0 Å². The Kier molecular flexibility index (Phi) is 6.16. The predicted octanol–water partition coefficient (Wildman–Crippen LogP) is 7.01. The Morgan fingerprint density at radius 1 is 0.792 bits per heavy atom. The minimum absolute atomic E-state index is 0.0927. The molecular formula is C20H30F4. The molecule has 1 rings (SSSR count). The van der Waals surface area contributed by atoms with Crippen LogP contribution in [0.3, 0.4) is 0 Å². The largest absolute Gasteiger partial charge is 0.203 e. The van der Waals surface area contributed by atoms with Crippen molar-refractivity contribution in [3.63, 3.8) is 0 Å². The Morgan fingerprint density at radius 2 is 1.21 bits per heavy atom. The monoisotopic (exact) mass is 346 g/mol. The average Bonchev–Trinajstić information content (AvgIpc) is 2.42. The molecule has 0 bridgehead atoms. The van der Waals surface area contributed by atoms with Crippen LogP contribution in [0.15, 0.2) is 0 Å². The van der Waals surface area contributed by atoms with Crippen molar-refractivity contribution in [3.8, 4) is 0 Å². The Bertz CT molecular complexity index is 562. The molecule has 0 aromatic heterocycles. The van der Waals surface area contributed by atoms with E-state index in [0.717, 1.165) is 0 Å². The molecule has 138 valence electrons. The van der Waals surface area contributed by atoms with Crippen LogP contribution in [0, 0.1) is 40.0 Å². The molecule has 0 spiro atoms. The lowest BCUT2D eigenvalue weighted by Gasteiger charge is -2.38. The Balaban J connectivity index is 3.66. The summed E-state index contributed by atoms with van der Waals surface area (Å²) >= 11 is 0. The lowest BCUT2D eigenvalue weighted by molar-refractivity contribution is 0.174. The maximum atomic E-state index is 14.7. The van der Waals surface area contributed by atoms with Gasteiger partial charge in [0.05, 0.1) is 0 Å². The van der Waals surface area contributed by atoms with Crippen LogP contribution in [0.1, 0.15) is 78.9 Å². The van der Waals surface area contributed by atoms with Crippen molar-refractivity contribution >= 4 is 0 Å². The highest BCUT2D eigenvalue weighted by molar-refractivity contribution is 5.33. The molecule has 0 N–H and O–H groups in total. The van der Waals surface area contributed by atoms with Crippen molar-refractivity contribution in [3.05, 3.63) is 34.4 Å². The summed E-state index contributed by atoms with van der Waals surface area (Å²) in [6.45, 7) is 15.1. The lowest BCUT2D eigenvalue weighted by Crippen LogP contribution is -2.29. The van der Waals surface area contributed by atoms with Gasteiger partial charge in [-0.3, -0.25) is 0 Å². The number of rotatable bonds is 4. The van der Waals surface area contributed by atoms with E-state index in [2.05, 4.69) is 0 Å². The van der Waals surface area contributed by atoms with Crippen molar-refractivity contribution in [2.75, 3.05) is 0 Å². The van der Waals surface area contributed by atoms with Crippen molar-refractivity contribution in [2.24, 2.45) is 16.7 Å². The van der Waals surface area contributed by atoms with E-state index in [-0.39, 0.29) is 23.2 Å². The summed E-state index contributed by atoms with van der Waals surface area (Å²) in [5.74, 6) is -5.77. The minimum Gasteiger partial charge on any atom is -0.203 e. The van der Waals surface area contributed by atoms with Crippen LogP contribution in [-0.4, -0.2) is 0 Å². The lowest BCUT2D eigenvalue weighted by atomic mass is 9.67. The van der Waals surface area contributed by atoms with Crippen molar-refractivity contribution in [1.29, 1.82) is 0 Å². The summed E-state index contributed by atoms with van der Waals surface area (Å²) < 4.78 is 57.9. The highest BCUT2D eigenvalue weighted by atomic mass is 19.2. The summed E-state index contributed by atoms with van der Waals surface area (Å²) in [5.41, 5.74) is -1.46. The minimum atomic E-state index is -1.26. The van der Waals surface area contributed by atoms with Crippen LogP contribution in [0.2, 0.25) is 0 Å². The molecule has 0 nitrogen and oxygen atoms in total. The smallest absolute Gasteiger partial charge is 0.165 e. The average molecular weight is 346 g/mol. The first kappa shape index (κ1) is 21.0. The molecule has 24 heavy (non-hydrogen) atoms. The molecule has 0 aliphatic rings. The molecule has 0 radical (unpaired) electrons. The van der Waals surface area contributed by atoms with Gasteiger partial charge in [0, 0.05) is 11.1 Å². The van der Waals surface area contributed by atoms with Gasteiger partial charge in [0.25, 0.3) is 0 Å². The zero-order chi connectivity index (χ0) is 19.0. The highest BCUT2D eigenvalue weighted by Crippen LogP contribution is 2.46. The van der Waals surface area contributed by atoms with Gasteiger partial charge in [-0.1, -0.05) is 55.4 Å². The third-order valence-electron chi connectivity index (χ3n) is 4.91. The summed E-state index contributed by atoms with van der Waals surface area (Å²) in [7, 11) is 0. The van der Waals surface area contributed by atoms with Gasteiger partial charge < -0.3 is 0 Å². The Morgan fingerprint density at radius 3 is 1.50 bits per heavy atom. The molecule has 0 saturated carbocycles. The van der Waals surface area contributed by atoms with Gasteiger partial charge >= 0.3 is 0 Å². The quantitative estimate of drug-likeness (QED) is 0.406. The van der Waals surface area contributed by atoms with Gasteiger partial charge in [-0.05, 0) is 35.5 Å². The van der Waals surface area contributed by atoms with Crippen LogP contribution in [-0.2, 0) is 6.42 Å². The summed E-state index contributed by atoms with van der Waals surface area (Å²) in [6, 6.07) is 0. The highest BCUT2D eigenvalue weighted by Gasteiger charge is 2.38. The fraction of sp³-hybridized carbons (Fsp3) is 0.700. The van der Waals surface area contributed by atoms with E-state index in [0.29, 0.717) is 6.42 Å². The zero-order valence-corrected chi connectivity index (χ0v) is 16.1. The summed E-state index contributed by atoms with van der Waals surface area (Å²) in [4.78, 5) is 0. The molecule has 1 aromatic rings. The van der Waals surface area contributed by atoms with Gasteiger partial charge in [-0.25, -0.2) is 17.6 Å². The summed E-state index contributed by atoms with van der Waals surface area (Å²) in [6.07, 6.45) is 0.341. The van der Waals surface area contributed by atoms with Crippen molar-refractivity contribution in [1.82, 2.24) is 0 Å². The van der Waals surface area contributed by atoms with E-state index >= 15 is 0 Å². The first-order chi connectivity index (χ1) is 10.7. The maximum absolute atomic E-state index is 14.7. The van der Waals surface area contributed by atoms with Crippen molar-refractivity contribution < 1.29 is 17.6 Å². The van der Waals surface area contributed by atoms with E-state index in [4.69, 9.17) is 0 Å². The molecule has 2 atom stereocenters. The number of benzene rings is 1. The normalized spacial score (nSPS) is 15.5. The second kappa shape index (κ2) is 7.05. The second-order valence-corrected chi connectivity index (χ2v) is 9.03. The van der Waals surface area contributed by atoms with Gasteiger partial charge in [-0.15, -0.1) is 0 Å². The molecular weight excluding hydrogens is 316 g/mol. The first-order valence-corrected chi connectivity index (χ1v) is 8.57. The predicted molar refractivity (Wildman–Crippen MR) is 91.1 cm³/mol. The van der Waals surface area contributed by atoms with Gasteiger partial charge in [0.1, 0.15) is 0 Å². The number of hydrogen-bond donors (Lipinski definition) is 0. The third kappa shape index (κ3) is 4.31. The van der Waals surface area contributed by atoms with E-state index in [1.165, 1.54) is 6.92 Å². The second-order valence-electron chi connectivity index (χ2n) is 9.03. The maximum Gasteiger partial charge on any atom is 0.165 e. The fourth-order valence-corrected chi connectivity index (χ4v) is 3.12. The number of hydrogen-bond acceptors (Lipinski definition) is 0. The fourth-order valence-electron chi connectivity index (χ4n) is 3.12. The topological polar surface area (TPSA) is 0 Å². The molecule has 0 heterocycles. The van der Waals surface area contributed by atoms with E-state index in [1.54, 1.807) is 0 Å². The molecule has 2 unspecified atom stereocenters. The van der Waals surface area contributed by atoms with Crippen LogP contribution < -0.4 is 0 Å². The van der Waals surface area contributed by atoms with E-state index in [1.807, 2.05) is 48.5 Å². The molecule has 0 fully saturated rings. The number of halogens is 4. The van der Waals surface area contributed by atoms with Crippen LogP contribution in [0.5, 0.6) is 0 Å². The van der Waals surface area contributed by atoms with Crippen LogP contribution >= 0.6 is 0 Å². The molecule has 4 heteroatoms. The molecule has 0 aliphatic heterocycles. The Hall–Kier alpha value is -1.06. The van der Waals surface area contributed by atoms with Crippen LogP contribution in [0.4, 0.5) is 17.6 Å². The molecule has 0 saturated heterocycles. The zero-order valence-electron chi connectivity index (χ0n) is 16.1. The van der Waals surface area contributed by atoms with Crippen molar-refractivity contribution in [2.45, 2.75) is 74.1 Å². The third-order valence-corrected chi connectivity index (χ3v) is 4.91. The Labute approximate surface area is 143 Å². The summed E-state index contributed by atoms with van der Waals surface area (Å²) in [5, 5.41) is 0. The van der Waals surface area contributed by atoms with Gasteiger partial charge in [0.15, 0.2) is 23.3 Å². The first-order valence-electron chi connectivity index (χ1n) is 8.57. The SMILES string of the molecule is CCc1c(F)c(F)c(C(CC(C)(C)C)C(C)C(C)(C)C)c(F)c1F. The molecule has 0 aliphatic carbocycles. The molecule has 1 aromatic carbocycles. The molecule has 0 amide bonds. The van der Waals surface area contributed by atoms with E-state index in [9.17, 15) is 17.6 Å².